The topological polar surface area (TPSA) is 29.5 Å². The van der Waals surface area contributed by atoms with E-state index in [1.807, 2.05) is 6.92 Å². The monoisotopic (exact) mass is 265 g/mol. The van der Waals surface area contributed by atoms with Crippen LogP contribution >= 0.6 is 0 Å². The number of piperidine rings is 1. The summed E-state index contributed by atoms with van der Waals surface area (Å²) in [6, 6.07) is 0.729. The van der Waals surface area contributed by atoms with E-state index in [1.165, 1.54) is 19.3 Å². The second kappa shape index (κ2) is 6.32. The molecule has 0 spiro atoms. The summed E-state index contributed by atoms with van der Waals surface area (Å²) in [7, 11) is 2.24. The van der Waals surface area contributed by atoms with Gasteiger partial charge in [0.05, 0.1) is 0 Å². The third-order valence-corrected chi connectivity index (χ3v) is 6.10. The summed E-state index contributed by atoms with van der Waals surface area (Å²) in [5, 5.41) is 4.19. The molecule has 3 rings (SSSR count). The number of hydrogen-bond acceptors (Lipinski definition) is 3. The maximum atomic E-state index is 11.8. The molecule has 0 aromatic heterocycles. The van der Waals surface area contributed by atoms with Gasteiger partial charge in [0.25, 0.3) is 0 Å². The Bertz CT molecular complexity index is 321. The van der Waals surface area contributed by atoms with E-state index < -0.39 is 0 Å². The van der Waals surface area contributed by atoms with Crippen LogP contribution in [-0.4, -0.2) is 57.3 Å². The van der Waals surface area contributed by atoms with Crippen LogP contribution in [0.25, 0.3) is 0 Å². The zero-order valence-corrected chi connectivity index (χ0v) is 12.8. The molecular weight excluding hydrogens is 241 g/mol. The van der Waals surface area contributed by atoms with Crippen LogP contribution in [0.3, 0.4) is 0 Å². The second-order valence-electron chi connectivity index (χ2n) is 5.74. The molecule has 4 atom stereocenters. The van der Waals surface area contributed by atoms with Gasteiger partial charge in [-0.15, -0.1) is 0 Å². The van der Waals surface area contributed by atoms with Crippen molar-refractivity contribution >= 4 is 26.1 Å². The van der Waals surface area contributed by atoms with Gasteiger partial charge in [-0.2, -0.15) is 0 Å². The summed E-state index contributed by atoms with van der Waals surface area (Å²) in [6.07, 6.45) is 4.45. The Kier molecular flexibility index (Phi) is 5.00. The third-order valence-electron chi connectivity index (χ3n) is 4.73. The molecule has 2 aliphatic heterocycles. The minimum absolute atomic E-state index is 0.00615. The molecule has 0 amide bonds. The number of carbonyl (C=O) groups is 1. The van der Waals surface area contributed by atoms with Crippen LogP contribution in [0.5, 0.6) is 0 Å². The molecule has 100 valence electrons. The van der Waals surface area contributed by atoms with E-state index in [-0.39, 0.29) is 20.7 Å². The van der Waals surface area contributed by atoms with Gasteiger partial charge < -0.3 is 0 Å². The molecule has 1 aliphatic carbocycles. The first kappa shape index (κ1) is 14.2. The predicted octanol–water partition coefficient (Wildman–Crippen LogP) is 1.59. The number of esters is 1. The number of fused-ring (bicyclic) bond motifs is 4. The number of nitrogens with zero attached hydrogens (tertiary/aromatic N) is 1. The van der Waals surface area contributed by atoms with Crippen LogP contribution in [0.1, 0.15) is 32.6 Å². The van der Waals surface area contributed by atoms with Crippen LogP contribution < -0.4 is 0 Å². The summed E-state index contributed by atoms with van der Waals surface area (Å²) >= 11 is 0.206. The van der Waals surface area contributed by atoms with Gasteiger partial charge in [0.1, 0.15) is 0 Å². The van der Waals surface area contributed by atoms with Crippen molar-refractivity contribution in [3.8, 4) is 0 Å². The number of rotatable bonds is 4. The molecule has 4 unspecified atom stereocenters. The van der Waals surface area contributed by atoms with Gasteiger partial charge in [0, 0.05) is 0 Å². The van der Waals surface area contributed by atoms with E-state index in [4.69, 9.17) is 4.74 Å². The van der Waals surface area contributed by atoms with Gasteiger partial charge in [-0.1, -0.05) is 0 Å². The van der Waals surface area contributed by atoms with Gasteiger partial charge in [0.15, 0.2) is 0 Å². The van der Waals surface area contributed by atoms with E-state index in [9.17, 15) is 4.79 Å². The molecule has 0 aromatic carbocycles. The molecule has 1 saturated carbocycles. The van der Waals surface area contributed by atoms with Crippen molar-refractivity contribution in [2.75, 3.05) is 20.2 Å². The van der Waals surface area contributed by atoms with Gasteiger partial charge in [-0.05, 0) is 0 Å². The number of hydrogen-bond donors (Lipinski definition) is 0. The van der Waals surface area contributed by atoms with Gasteiger partial charge in [-0.3, -0.25) is 0 Å². The third kappa shape index (κ3) is 3.04. The van der Waals surface area contributed by atoms with Gasteiger partial charge in [-0.25, -0.2) is 0 Å². The molecule has 18 heavy (non-hydrogen) atoms. The molecule has 0 radical (unpaired) electrons. The van der Waals surface area contributed by atoms with E-state index in [1.54, 1.807) is 0 Å². The molecule has 3 aliphatic rings. The molecular formula is C14H24AlNO2. The van der Waals surface area contributed by atoms with E-state index in [2.05, 4.69) is 17.3 Å². The molecule has 0 N–H and O–H groups in total. The first-order valence-electron chi connectivity index (χ1n) is 7.14. The number of ether oxygens (including phenoxy) is 1. The minimum atomic E-state index is -0.00615. The fourth-order valence-corrected chi connectivity index (χ4v) is 5.03. The Hall–Kier alpha value is -0.168. The molecule has 0 aromatic rings. The molecule has 4 heteroatoms. The fraction of sp³-hybridized carbons (Fsp3) is 0.857. The summed E-state index contributed by atoms with van der Waals surface area (Å²) in [5.41, 5.74) is 0. The molecule has 2 bridgehead atoms. The van der Waals surface area contributed by atoms with Crippen molar-refractivity contribution in [2.45, 2.75) is 43.4 Å². The first-order valence-corrected chi connectivity index (χ1v) is 8.62. The molecule has 2 saturated heterocycles. The van der Waals surface area contributed by atoms with Crippen LogP contribution in [0.2, 0.25) is 4.78 Å². The average molecular weight is 265 g/mol. The van der Waals surface area contributed by atoms with Crippen LogP contribution in [0.4, 0.5) is 0 Å². The maximum absolute atomic E-state index is 11.8. The summed E-state index contributed by atoms with van der Waals surface area (Å²) in [5.74, 6) is 1.19. The van der Waals surface area contributed by atoms with Crippen LogP contribution in [0.15, 0.2) is 0 Å². The van der Waals surface area contributed by atoms with E-state index in [0.29, 0.717) is 29.6 Å². The fourth-order valence-electron chi connectivity index (χ4n) is 3.72. The first-order chi connectivity index (χ1) is 8.65. The van der Waals surface area contributed by atoms with Crippen molar-refractivity contribution in [3.05, 3.63) is 0 Å². The molecule has 3 fully saturated rings. The molecule has 2 heterocycles. The summed E-state index contributed by atoms with van der Waals surface area (Å²) in [6.45, 7) is 3.54. The van der Waals surface area contributed by atoms with Crippen molar-refractivity contribution in [2.24, 2.45) is 11.8 Å². The van der Waals surface area contributed by atoms with Crippen molar-refractivity contribution in [1.29, 1.82) is 0 Å². The second-order valence-corrected chi connectivity index (χ2v) is 7.07. The van der Waals surface area contributed by atoms with E-state index >= 15 is 0 Å². The Labute approximate surface area is 116 Å². The Morgan fingerprint density at radius 1 is 1.50 bits per heavy atom. The average Bonchev–Trinajstić information content (AvgIpc) is 2.57. The Balaban J connectivity index is 2.09. The van der Waals surface area contributed by atoms with Crippen molar-refractivity contribution in [1.82, 2.24) is 4.90 Å². The van der Waals surface area contributed by atoms with Crippen LogP contribution in [-0.2, 0) is 9.53 Å². The zero-order valence-electron chi connectivity index (χ0n) is 11.6. The zero-order chi connectivity index (χ0) is 13.1. The Morgan fingerprint density at radius 3 is 2.89 bits per heavy atom. The van der Waals surface area contributed by atoms with Gasteiger partial charge in [0.2, 0.25) is 0 Å². The standard InChI is InChI=1S/C13H22NO2.CH2.Al/c1-3-16-13(15)8-10-4-6-12-7-5-11(10)9-14(12)2;;/h4,10-12H,3,5-9H2,1-2H3;1H2;. The van der Waals surface area contributed by atoms with Gasteiger partial charge >= 0.3 is 116 Å². The summed E-state index contributed by atoms with van der Waals surface area (Å²) < 4.78 is 5.83. The number of carbonyl (C=O) groups excluding carboxylic acids is 1. The molecule has 3 nitrogen and oxygen atoms in total. The van der Waals surface area contributed by atoms with E-state index in [0.717, 1.165) is 12.6 Å². The summed E-state index contributed by atoms with van der Waals surface area (Å²) in [4.78, 5) is 14.3. The van der Waals surface area contributed by atoms with Crippen molar-refractivity contribution < 1.29 is 9.53 Å². The SMILES string of the molecule is [CH2]=[Al][CH]1CC2CCC(CN2C)C1CC(=O)OCC. The van der Waals surface area contributed by atoms with Crippen molar-refractivity contribution in [3.63, 3.8) is 0 Å². The normalized spacial score (nSPS) is 35.9. The predicted molar refractivity (Wildman–Crippen MR) is 75.1 cm³/mol. The quantitative estimate of drug-likeness (QED) is 0.571. The Morgan fingerprint density at radius 2 is 2.28 bits per heavy atom. The van der Waals surface area contributed by atoms with Crippen LogP contribution in [0, 0.1) is 11.8 Å².